The number of carbonyl (C=O) groups is 2. The minimum Gasteiger partial charge on any atom is -0.262 e. The van der Waals surface area contributed by atoms with Crippen molar-refractivity contribution in [3.05, 3.63) is 121 Å². The topological polar surface area (TPSA) is 68.1 Å². The third kappa shape index (κ3) is 4.50. The first-order valence-corrected chi connectivity index (χ1v) is 11.3. The third-order valence-electron chi connectivity index (χ3n) is 5.80. The van der Waals surface area contributed by atoms with Crippen molar-refractivity contribution in [1.29, 1.82) is 0 Å². The van der Waals surface area contributed by atoms with E-state index in [1.165, 1.54) is 0 Å². The second-order valence-corrected chi connectivity index (χ2v) is 8.11. The highest BCUT2D eigenvalue weighted by Gasteiger charge is 2.20. The molecule has 0 aliphatic heterocycles. The van der Waals surface area contributed by atoms with Gasteiger partial charge >= 0.3 is 11.8 Å². The molecule has 2 heterocycles. The maximum atomic E-state index is 13.1. The fourth-order valence-corrected chi connectivity index (χ4v) is 4.05. The normalized spacial score (nSPS) is 10.7. The molecule has 0 aliphatic carbocycles. The zero-order chi connectivity index (χ0) is 24.2. The molecule has 0 spiro atoms. The van der Waals surface area contributed by atoms with Gasteiger partial charge in [-0.15, -0.1) is 0 Å². The lowest BCUT2D eigenvalue weighted by molar-refractivity contribution is -0.134. The van der Waals surface area contributed by atoms with E-state index in [9.17, 15) is 9.59 Å². The lowest BCUT2D eigenvalue weighted by Gasteiger charge is -2.17. The van der Waals surface area contributed by atoms with E-state index >= 15 is 0 Å². The molecule has 0 bridgehead atoms. The highest BCUT2D eigenvalue weighted by atomic mass is 16.2. The van der Waals surface area contributed by atoms with Gasteiger partial charge in [0.05, 0.1) is 17.1 Å². The molecule has 2 amide bonds. The first-order valence-electron chi connectivity index (χ1n) is 11.3. The number of rotatable bonds is 5. The number of nitrogens with zero attached hydrogens (tertiary/aromatic N) is 2. The van der Waals surface area contributed by atoms with Gasteiger partial charge in [-0.2, -0.15) is 0 Å². The van der Waals surface area contributed by atoms with E-state index < -0.39 is 11.8 Å². The van der Waals surface area contributed by atoms with Crippen molar-refractivity contribution in [3.8, 4) is 33.8 Å². The molecule has 6 heteroatoms. The van der Waals surface area contributed by atoms with Crippen LogP contribution in [0.1, 0.15) is 5.69 Å². The molecule has 2 aromatic heterocycles. The summed E-state index contributed by atoms with van der Waals surface area (Å²) in [5, 5.41) is 0. The predicted molar refractivity (Wildman–Crippen MR) is 139 cm³/mol. The molecule has 6 nitrogen and oxygen atoms in total. The van der Waals surface area contributed by atoms with Crippen LogP contribution in [0.2, 0.25) is 0 Å². The van der Waals surface area contributed by atoms with Crippen LogP contribution in [0.3, 0.4) is 0 Å². The molecule has 2 N–H and O–H groups in total. The molecule has 0 atom stereocenters. The quantitative estimate of drug-likeness (QED) is 0.343. The van der Waals surface area contributed by atoms with Crippen LogP contribution in [0.25, 0.3) is 33.8 Å². The molecular formula is C29H24N4O2. The van der Waals surface area contributed by atoms with Gasteiger partial charge in [-0.3, -0.25) is 29.8 Å². The minimum atomic E-state index is -0.775. The van der Waals surface area contributed by atoms with Crippen LogP contribution in [0.5, 0.6) is 0 Å². The maximum absolute atomic E-state index is 13.1. The van der Waals surface area contributed by atoms with E-state index in [4.69, 9.17) is 0 Å². The first kappa shape index (κ1) is 22.0. The number of hydrogen-bond donors (Lipinski definition) is 2. The van der Waals surface area contributed by atoms with E-state index in [1.54, 1.807) is 9.35 Å². The van der Waals surface area contributed by atoms with Crippen LogP contribution in [0, 0.1) is 6.92 Å². The zero-order valence-corrected chi connectivity index (χ0v) is 19.2. The van der Waals surface area contributed by atoms with Crippen LogP contribution in [-0.2, 0) is 9.59 Å². The van der Waals surface area contributed by atoms with Gasteiger partial charge in [0, 0.05) is 22.4 Å². The van der Waals surface area contributed by atoms with Crippen molar-refractivity contribution in [2.24, 2.45) is 0 Å². The van der Waals surface area contributed by atoms with Crippen LogP contribution < -0.4 is 10.9 Å². The molecule has 0 aliphatic rings. The molecule has 35 heavy (non-hydrogen) atoms. The summed E-state index contributed by atoms with van der Waals surface area (Å²) >= 11 is 0. The average molecular weight is 461 g/mol. The summed E-state index contributed by atoms with van der Waals surface area (Å²) in [5.74, 6) is -1.55. The van der Waals surface area contributed by atoms with E-state index in [-0.39, 0.29) is 0 Å². The molecule has 0 radical (unpaired) electrons. The highest BCUT2D eigenvalue weighted by Crippen LogP contribution is 2.28. The van der Waals surface area contributed by atoms with Gasteiger partial charge in [-0.05, 0) is 31.2 Å². The molecule has 0 saturated carbocycles. The van der Waals surface area contributed by atoms with Gasteiger partial charge < -0.3 is 0 Å². The lowest BCUT2D eigenvalue weighted by Crippen LogP contribution is -2.38. The molecule has 3 aromatic carbocycles. The Hall–Kier alpha value is -4.84. The van der Waals surface area contributed by atoms with Crippen molar-refractivity contribution < 1.29 is 9.59 Å². The number of hydrogen-bond acceptors (Lipinski definition) is 2. The lowest BCUT2D eigenvalue weighted by atomic mass is 10.2. The molecule has 172 valence electrons. The summed E-state index contributed by atoms with van der Waals surface area (Å²) in [6, 6.07) is 36.8. The second kappa shape index (κ2) is 9.57. The Kier molecular flexibility index (Phi) is 6.01. The number of carbonyl (C=O) groups excluding carboxylic acids is 2. The van der Waals surface area contributed by atoms with E-state index in [1.807, 2.05) is 122 Å². The summed E-state index contributed by atoms with van der Waals surface area (Å²) in [6.45, 7) is 1.87. The Morgan fingerprint density at radius 3 is 1.26 bits per heavy atom. The van der Waals surface area contributed by atoms with Crippen LogP contribution in [0.15, 0.2) is 115 Å². The standard InChI is InChI=1S/C29H24N4O2/c1-21-17-18-25(22-11-5-2-6-12-22)32(21)30-28(34)29(35)31-33-26(23-13-7-3-8-14-23)19-20-27(33)24-15-9-4-10-16-24/h2-20H,1H3,(H,30,34)(H,31,35). The number of aromatic nitrogens is 2. The minimum absolute atomic E-state index is 0.770. The van der Waals surface area contributed by atoms with Crippen LogP contribution in [-0.4, -0.2) is 21.2 Å². The highest BCUT2D eigenvalue weighted by molar-refractivity contribution is 6.41. The molecular weight excluding hydrogens is 436 g/mol. The Balaban J connectivity index is 1.45. The predicted octanol–water partition coefficient (Wildman–Crippen LogP) is 5.44. The monoisotopic (exact) mass is 460 g/mol. The number of aryl methyl sites for hydroxylation is 1. The van der Waals surface area contributed by atoms with Crippen molar-refractivity contribution in [1.82, 2.24) is 9.35 Å². The van der Waals surface area contributed by atoms with E-state index in [0.717, 1.165) is 39.5 Å². The SMILES string of the molecule is Cc1ccc(-c2ccccc2)n1NC(=O)C(=O)Nn1c(-c2ccccc2)ccc1-c1ccccc1. The molecule has 5 aromatic rings. The Labute approximate surface area is 203 Å². The summed E-state index contributed by atoms with van der Waals surface area (Å²) in [5.41, 5.74) is 11.5. The summed E-state index contributed by atoms with van der Waals surface area (Å²) < 4.78 is 3.29. The average Bonchev–Trinajstić information content (AvgIpc) is 3.49. The number of amides is 2. The molecule has 0 unspecified atom stereocenters. The summed E-state index contributed by atoms with van der Waals surface area (Å²) in [7, 11) is 0. The summed E-state index contributed by atoms with van der Waals surface area (Å²) in [6.07, 6.45) is 0. The largest absolute Gasteiger partial charge is 0.329 e. The number of benzene rings is 3. The van der Waals surface area contributed by atoms with Crippen molar-refractivity contribution in [2.45, 2.75) is 6.92 Å². The van der Waals surface area contributed by atoms with Gasteiger partial charge in [0.15, 0.2) is 0 Å². The van der Waals surface area contributed by atoms with E-state index in [2.05, 4.69) is 10.9 Å². The smallest absolute Gasteiger partial charge is 0.262 e. The van der Waals surface area contributed by atoms with Gasteiger partial charge in [-0.1, -0.05) is 91.0 Å². The summed E-state index contributed by atoms with van der Waals surface area (Å²) in [4.78, 5) is 26.1. The van der Waals surface area contributed by atoms with Gasteiger partial charge in [0.1, 0.15) is 0 Å². The molecule has 0 fully saturated rings. The Morgan fingerprint density at radius 2 is 0.829 bits per heavy atom. The third-order valence-corrected chi connectivity index (χ3v) is 5.80. The van der Waals surface area contributed by atoms with Crippen molar-refractivity contribution >= 4 is 11.8 Å². The Morgan fingerprint density at radius 1 is 0.486 bits per heavy atom. The van der Waals surface area contributed by atoms with Gasteiger partial charge in [0.25, 0.3) is 0 Å². The van der Waals surface area contributed by atoms with Gasteiger partial charge in [-0.25, -0.2) is 0 Å². The second-order valence-electron chi connectivity index (χ2n) is 8.11. The van der Waals surface area contributed by atoms with Gasteiger partial charge in [0.2, 0.25) is 0 Å². The number of nitrogens with one attached hydrogen (secondary N) is 2. The van der Waals surface area contributed by atoms with Crippen LogP contribution in [0.4, 0.5) is 0 Å². The maximum Gasteiger partial charge on any atom is 0.329 e. The zero-order valence-electron chi connectivity index (χ0n) is 19.2. The van der Waals surface area contributed by atoms with Crippen molar-refractivity contribution in [2.75, 3.05) is 10.9 Å². The van der Waals surface area contributed by atoms with E-state index in [0.29, 0.717) is 0 Å². The first-order chi connectivity index (χ1) is 17.1. The fourth-order valence-electron chi connectivity index (χ4n) is 4.05. The molecule has 0 saturated heterocycles. The Bertz CT molecular complexity index is 1410. The van der Waals surface area contributed by atoms with Crippen LogP contribution >= 0.6 is 0 Å². The fraction of sp³-hybridized carbons (Fsp3) is 0.0345. The molecule has 5 rings (SSSR count). The van der Waals surface area contributed by atoms with Crippen molar-refractivity contribution in [3.63, 3.8) is 0 Å².